The first-order valence-electron chi connectivity index (χ1n) is 16.0. The van der Waals surface area contributed by atoms with Gasteiger partial charge in [0.15, 0.2) is 11.8 Å². The molecule has 6 bridgehead atoms. The molecular formula is C38H44N4O3. The van der Waals surface area contributed by atoms with Gasteiger partial charge in [-0.2, -0.15) is 9.61 Å². The quantitative estimate of drug-likeness (QED) is 0.220. The number of piperidine rings is 1. The third-order valence-electron chi connectivity index (χ3n) is 8.97. The third kappa shape index (κ3) is 6.45. The average molecular weight is 605 g/mol. The molecule has 1 fully saturated rings. The van der Waals surface area contributed by atoms with Gasteiger partial charge in [0.2, 0.25) is 0 Å². The number of aryl methyl sites for hydroxylation is 2. The number of methoxy groups -OCH3 is 1. The van der Waals surface area contributed by atoms with Crippen molar-refractivity contribution < 1.29 is 14.3 Å². The molecule has 5 heterocycles. The second-order valence-corrected chi connectivity index (χ2v) is 13.6. The molecule has 7 rings (SSSR count). The fourth-order valence-electron chi connectivity index (χ4n) is 6.52. The van der Waals surface area contributed by atoms with E-state index in [9.17, 15) is 4.79 Å². The molecule has 0 unspecified atom stereocenters. The molecule has 0 aliphatic carbocycles. The minimum Gasteiger partial charge on any atom is -0.467 e. The number of hydrogen-bond donors (Lipinski definition) is 0. The van der Waals surface area contributed by atoms with Crippen molar-refractivity contribution in [3.8, 4) is 22.4 Å². The Labute approximate surface area is 266 Å². The van der Waals surface area contributed by atoms with E-state index in [1.54, 1.807) is 0 Å². The zero-order valence-corrected chi connectivity index (χ0v) is 27.3. The Bertz CT molecular complexity index is 1770. The van der Waals surface area contributed by atoms with Gasteiger partial charge < -0.3 is 14.4 Å². The predicted molar refractivity (Wildman–Crippen MR) is 180 cm³/mol. The van der Waals surface area contributed by atoms with E-state index in [0.717, 1.165) is 72.8 Å². The van der Waals surface area contributed by atoms with Crippen molar-refractivity contribution in [2.75, 3.05) is 25.1 Å². The molecule has 0 spiro atoms. The van der Waals surface area contributed by atoms with Gasteiger partial charge in [0, 0.05) is 30.4 Å². The molecule has 1 saturated heterocycles. The normalized spacial score (nSPS) is 18.5. The summed E-state index contributed by atoms with van der Waals surface area (Å²) < 4.78 is 13.6. The number of hydrogen-bond acceptors (Lipinski definition) is 6. The van der Waals surface area contributed by atoms with E-state index in [2.05, 4.69) is 84.7 Å². The standard InChI is InChI=1S/C38H44N4O3/c1-26-33(34(36(43)44-6)45-37(2,3)4)35-41-22-20-38(5,21-23-41)19-12-8-7-9-14-27-15-10-11-18-30(27)28-16-13-17-29(24-28)31-25-32(39-26)42(35)40-31/h7-8,10-13,15-19,24-25,34H,9,14,20-23H2,1-6H3/b8-7+,19-12+/t34-/m0/s1. The molecule has 7 heteroatoms. The van der Waals surface area contributed by atoms with Gasteiger partial charge in [0.25, 0.3) is 0 Å². The second kappa shape index (κ2) is 12.3. The van der Waals surface area contributed by atoms with E-state index >= 15 is 0 Å². The lowest BCUT2D eigenvalue weighted by atomic mass is 9.80. The lowest BCUT2D eigenvalue weighted by Crippen LogP contribution is -2.40. The second-order valence-electron chi connectivity index (χ2n) is 13.6. The minimum atomic E-state index is -0.950. The van der Waals surface area contributed by atoms with Crippen LogP contribution in [0.1, 0.15) is 69.9 Å². The first kappa shape index (κ1) is 30.8. The van der Waals surface area contributed by atoms with Gasteiger partial charge in [-0.1, -0.05) is 73.7 Å². The summed E-state index contributed by atoms with van der Waals surface area (Å²) in [6.45, 7) is 11.7. The predicted octanol–water partition coefficient (Wildman–Crippen LogP) is 8.07. The molecule has 45 heavy (non-hydrogen) atoms. The molecule has 234 valence electrons. The number of ether oxygens (including phenoxy) is 2. The van der Waals surface area contributed by atoms with Gasteiger partial charge in [0.1, 0.15) is 5.82 Å². The number of allylic oxidation sites excluding steroid dienone is 4. The number of nitrogens with zero attached hydrogens (tertiary/aromatic N) is 4. The topological polar surface area (TPSA) is 69.0 Å². The molecule has 7 nitrogen and oxygen atoms in total. The number of carbonyl (C=O) groups excluding carboxylic acids is 1. The van der Waals surface area contributed by atoms with Crippen LogP contribution in [-0.2, 0) is 20.7 Å². The molecule has 0 saturated carbocycles. The smallest absolute Gasteiger partial charge is 0.339 e. The highest BCUT2D eigenvalue weighted by atomic mass is 16.6. The molecule has 2 aromatic heterocycles. The molecule has 0 amide bonds. The zero-order chi connectivity index (χ0) is 31.8. The average Bonchev–Trinajstić information content (AvgIpc) is 3.44. The number of carbonyl (C=O) groups is 1. The summed E-state index contributed by atoms with van der Waals surface area (Å²) in [5, 5.41) is 5.18. The summed E-state index contributed by atoms with van der Waals surface area (Å²) in [4.78, 5) is 20.7. The van der Waals surface area contributed by atoms with Crippen LogP contribution in [0.2, 0.25) is 0 Å². The Morgan fingerprint density at radius 2 is 1.76 bits per heavy atom. The molecule has 0 radical (unpaired) electrons. The fraction of sp³-hybridized carbons (Fsp3) is 0.395. The van der Waals surface area contributed by atoms with Crippen LogP contribution in [0.15, 0.2) is 78.9 Å². The van der Waals surface area contributed by atoms with E-state index in [1.165, 1.54) is 18.2 Å². The van der Waals surface area contributed by atoms with Gasteiger partial charge in [-0.3, -0.25) is 0 Å². The molecule has 4 aromatic rings. The maximum Gasteiger partial charge on any atom is 0.339 e. The fourth-order valence-corrected chi connectivity index (χ4v) is 6.52. The van der Waals surface area contributed by atoms with Crippen molar-refractivity contribution in [2.24, 2.45) is 5.41 Å². The monoisotopic (exact) mass is 604 g/mol. The molecule has 2 aromatic carbocycles. The lowest BCUT2D eigenvalue weighted by molar-refractivity contribution is -0.164. The summed E-state index contributed by atoms with van der Waals surface area (Å²) in [5.41, 5.74) is 7.21. The number of rotatable bonds is 3. The van der Waals surface area contributed by atoms with Crippen molar-refractivity contribution >= 4 is 17.4 Å². The molecule has 0 N–H and O–H groups in total. The van der Waals surface area contributed by atoms with Crippen LogP contribution < -0.4 is 4.90 Å². The highest BCUT2D eigenvalue weighted by Crippen LogP contribution is 2.40. The molecular weight excluding hydrogens is 560 g/mol. The minimum absolute atomic E-state index is 0.0653. The zero-order valence-electron chi connectivity index (χ0n) is 27.3. The van der Waals surface area contributed by atoms with Gasteiger partial charge in [-0.05, 0) is 81.5 Å². The summed E-state index contributed by atoms with van der Waals surface area (Å²) in [6.07, 6.45) is 12.0. The number of aromatic nitrogens is 3. The van der Waals surface area contributed by atoms with Gasteiger partial charge in [-0.25, -0.2) is 9.78 Å². The van der Waals surface area contributed by atoms with Crippen LogP contribution in [-0.4, -0.2) is 46.4 Å². The van der Waals surface area contributed by atoms with Crippen molar-refractivity contribution in [1.82, 2.24) is 14.6 Å². The van der Waals surface area contributed by atoms with Crippen molar-refractivity contribution in [2.45, 2.75) is 72.0 Å². The number of benzene rings is 2. The lowest BCUT2D eigenvalue weighted by Gasteiger charge is -2.40. The van der Waals surface area contributed by atoms with Crippen molar-refractivity contribution in [3.05, 3.63) is 95.7 Å². The Balaban J connectivity index is 1.57. The van der Waals surface area contributed by atoms with Crippen LogP contribution in [0, 0.1) is 12.3 Å². The van der Waals surface area contributed by atoms with Crippen LogP contribution in [0.4, 0.5) is 5.82 Å². The highest BCUT2D eigenvalue weighted by Gasteiger charge is 2.37. The molecule has 1 atom stereocenters. The SMILES string of the molecule is COC(=O)[C@@H](OC(C)(C)C)c1c(C)nc2cc3nn2c1N1CCC(C)(/C=C/C=C/CCc2ccccc2-c2cccc-3c2)CC1. The first-order valence-corrected chi connectivity index (χ1v) is 16.0. The largest absolute Gasteiger partial charge is 0.467 e. The first-order chi connectivity index (χ1) is 21.5. The highest BCUT2D eigenvalue weighted by molar-refractivity contribution is 5.81. The van der Waals surface area contributed by atoms with E-state index in [0.29, 0.717) is 5.56 Å². The third-order valence-corrected chi connectivity index (χ3v) is 8.97. The Kier molecular flexibility index (Phi) is 8.40. The van der Waals surface area contributed by atoms with Crippen LogP contribution >= 0.6 is 0 Å². The van der Waals surface area contributed by atoms with Crippen molar-refractivity contribution in [3.63, 3.8) is 0 Å². The maximum atomic E-state index is 13.4. The van der Waals surface area contributed by atoms with Crippen LogP contribution in [0.25, 0.3) is 28.0 Å². The molecule has 3 aliphatic rings. The van der Waals surface area contributed by atoms with Gasteiger partial charge in [-0.15, -0.1) is 0 Å². The van der Waals surface area contributed by atoms with E-state index in [1.807, 2.05) is 38.3 Å². The van der Waals surface area contributed by atoms with E-state index in [-0.39, 0.29) is 5.41 Å². The number of anilines is 1. The Morgan fingerprint density at radius 1 is 1.00 bits per heavy atom. The Morgan fingerprint density at radius 3 is 2.51 bits per heavy atom. The maximum absolute atomic E-state index is 13.4. The summed E-state index contributed by atoms with van der Waals surface area (Å²) in [6, 6.07) is 19.3. The van der Waals surface area contributed by atoms with Gasteiger partial charge in [0.05, 0.1) is 24.0 Å². The van der Waals surface area contributed by atoms with E-state index in [4.69, 9.17) is 19.6 Å². The summed E-state index contributed by atoms with van der Waals surface area (Å²) in [5.74, 6) is 0.394. The molecule has 3 aliphatic heterocycles. The summed E-state index contributed by atoms with van der Waals surface area (Å²) >= 11 is 0. The van der Waals surface area contributed by atoms with Crippen LogP contribution in [0.3, 0.4) is 0 Å². The van der Waals surface area contributed by atoms with Gasteiger partial charge >= 0.3 is 5.97 Å². The van der Waals surface area contributed by atoms with Crippen molar-refractivity contribution in [1.29, 1.82) is 0 Å². The van der Waals surface area contributed by atoms with Crippen LogP contribution in [0.5, 0.6) is 0 Å². The summed E-state index contributed by atoms with van der Waals surface area (Å²) in [7, 11) is 1.41. The number of fused-ring (bicyclic) bond motifs is 5. The number of esters is 1. The Hall–Kier alpha value is -4.23. The van der Waals surface area contributed by atoms with E-state index < -0.39 is 17.7 Å².